The van der Waals surface area contributed by atoms with E-state index in [0.717, 1.165) is 21.8 Å². The zero-order chi connectivity index (χ0) is 21.9. The summed E-state index contributed by atoms with van der Waals surface area (Å²) in [4.78, 5) is 36.5. The second kappa shape index (κ2) is 9.01. The van der Waals surface area contributed by atoms with Gasteiger partial charge in [0, 0.05) is 35.8 Å². The molecule has 0 bridgehead atoms. The molecule has 0 atom stereocenters. The van der Waals surface area contributed by atoms with Crippen LogP contribution in [0.3, 0.4) is 0 Å². The number of aromatic nitrogens is 4. The first-order valence-electron chi connectivity index (χ1n) is 10.2. The van der Waals surface area contributed by atoms with Crippen LogP contribution in [0.4, 0.5) is 0 Å². The fourth-order valence-corrected chi connectivity index (χ4v) is 4.93. The number of fused-ring (bicyclic) bond motifs is 1. The predicted molar refractivity (Wildman–Crippen MR) is 122 cm³/mol. The number of nitrogens with zero attached hydrogens (tertiary/aromatic N) is 5. The predicted octanol–water partition coefficient (Wildman–Crippen LogP) is 2.97. The van der Waals surface area contributed by atoms with Gasteiger partial charge in [-0.05, 0) is 5.56 Å². The lowest BCUT2D eigenvalue weighted by molar-refractivity contribution is 0.0735. The molecule has 0 unspecified atom stereocenters. The monoisotopic (exact) mass is 464 g/mol. The summed E-state index contributed by atoms with van der Waals surface area (Å²) in [7, 11) is 0. The number of hydrogen-bond donors (Lipinski definition) is 1. The summed E-state index contributed by atoms with van der Waals surface area (Å²) in [5.74, 6) is -0.321. The summed E-state index contributed by atoms with van der Waals surface area (Å²) >= 11 is 2.81. The molecule has 0 spiro atoms. The second-order valence-corrected chi connectivity index (χ2v) is 9.23. The lowest BCUT2D eigenvalue weighted by Crippen LogP contribution is -2.37. The quantitative estimate of drug-likeness (QED) is 0.474. The van der Waals surface area contributed by atoms with Crippen LogP contribution in [0, 0.1) is 0 Å². The molecule has 2 amide bonds. The van der Waals surface area contributed by atoms with E-state index in [1.165, 1.54) is 22.7 Å². The molecule has 10 heteroatoms. The first kappa shape index (κ1) is 20.5. The van der Waals surface area contributed by atoms with Gasteiger partial charge in [0.15, 0.2) is 5.69 Å². The third-order valence-electron chi connectivity index (χ3n) is 5.34. The lowest BCUT2D eigenvalue weighted by Gasteiger charge is -2.27. The Balaban J connectivity index is 1.43. The minimum atomic E-state index is -0.254. The van der Waals surface area contributed by atoms with Crippen molar-refractivity contribution in [3.8, 4) is 0 Å². The fourth-order valence-electron chi connectivity index (χ4n) is 3.79. The summed E-state index contributed by atoms with van der Waals surface area (Å²) < 4.78 is 1.90. The average Bonchev–Trinajstić information content (AvgIpc) is 3.59. The van der Waals surface area contributed by atoms with Gasteiger partial charge in [-0.1, -0.05) is 30.3 Å². The molecule has 0 saturated heterocycles. The Labute approximate surface area is 192 Å². The van der Waals surface area contributed by atoms with Gasteiger partial charge in [-0.2, -0.15) is 5.10 Å². The Bertz CT molecular complexity index is 1220. The van der Waals surface area contributed by atoms with Gasteiger partial charge in [0.25, 0.3) is 11.8 Å². The van der Waals surface area contributed by atoms with Crippen LogP contribution in [0.15, 0.2) is 53.6 Å². The zero-order valence-electron chi connectivity index (χ0n) is 17.1. The van der Waals surface area contributed by atoms with E-state index in [-0.39, 0.29) is 11.8 Å². The molecule has 4 heterocycles. The molecule has 1 aliphatic rings. The van der Waals surface area contributed by atoms with Crippen LogP contribution < -0.4 is 5.32 Å². The summed E-state index contributed by atoms with van der Waals surface area (Å²) in [5, 5.41) is 10.3. The van der Waals surface area contributed by atoms with Crippen molar-refractivity contribution < 1.29 is 9.59 Å². The Morgan fingerprint density at radius 2 is 2.03 bits per heavy atom. The number of hydrogen-bond acceptors (Lipinski definition) is 7. The molecule has 1 aliphatic heterocycles. The highest BCUT2D eigenvalue weighted by molar-refractivity contribution is 7.11. The second-order valence-electron chi connectivity index (χ2n) is 7.37. The molecule has 0 radical (unpaired) electrons. The van der Waals surface area contributed by atoms with Crippen LogP contribution in [0.1, 0.15) is 42.0 Å². The Kier molecular flexibility index (Phi) is 5.78. The summed E-state index contributed by atoms with van der Waals surface area (Å²) in [6.45, 7) is 1.84. The fraction of sp³-hybridized carbons (Fsp3) is 0.227. The smallest absolute Gasteiger partial charge is 0.272 e. The van der Waals surface area contributed by atoms with Crippen molar-refractivity contribution in [2.75, 3.05) is 6.54 Å². The molecule has 1 aromatic carbocycles. The van der Waals surface area contributed by atoms with E-state index >= 15 is 0 Å². The van der Waals surface area contributed by atoms with Crippen LogP contribution in [-0.4, -0.2) is 43.0 Å². The van der Waals surface area contributed by atoms with E-state index in [4.69, 9.17) is 0 Å². The van der Waals surface area contributed by atoms with Crippen molar-refractivity contribution in [1.29, 1.82) is 0 Å². The third kappa shape index (κ3) is 4.19. The van der Waals surface area contributed by atoms with E-state index in [1.54, 1.807) is 22.8 Å². The molecule has 5 rings (SSSR count). The molecule has 162 valence electrons. The summed E-state index contributed by atoms with van der Waals surface area (Å²) in [5.41, 5.74) is 4.94. The minimum absolute atomic E-state index is 0.0666. The highest BCUT2D eigenvalue weighted by atomic mass is 32.1. The van der Waals surface area contributed by atoms with Crippen LogP contribution in [0.5, 0.6) is 0 Å². The van der Waals surface area contributed by atoms with Crippen molar-refractivity contribution in [2.45, 2.75) is 26.1 Å². The average molecular weight is 465 g/mol. The summed E-state index contributed by atoms with van der Waals surface area (Å²) in [6, 6.07) is 10.0. The standard InChI is InChI=1S/C22H20N6O2S2/c29-21(25-11-19-24-7-9-31-19)20-16-13-27(22(30)18-10-23-14-32-18)8-6-17(16)28(26-20)12-15-4-2-1-3-5-15/h1-5,7,9-10,14H,6,8,11-13H2,(H,25,29). The van der Waals surface area contributed by atoms with Gasteiger partial charge in [0.1, 0.15) is 9.88 Å². The first-order valence-corrected chi connectivity index (χ1v) is 11.9. The van der Waals surface area contributed by atoms with Crippen LogP contribution in [-0.2, 0) is 26.1 Å². The number of thiazole rings is 2. The van der Waals surface area contributed by atoms with E-state index in [9.17, 15) is 9.59 Å². The molecule has 32 heavy (non-hydrogen) atoms. The van der Waals surface area contributed by atoms with Gasteiger partial charge in [0.05, 0.1) is 31.3 Å². The van der Waals surface area contributed by atoms with Gasteiger partial charge < -0.3 is 10.2 Å². The van der Waals surface area contributed by atoms with E-state index in [2.05, 4.69) is 20.4 Å². The van der Waals surface area contributed by atoms with Gasteiger partial charge in [-0.15, -0.1) is 22.7 Å². The Hall–Kier alpha value is -3.37. The molecular weight excluding hydrogens is 444 g/mol. The van der Waals surface area contributed by atoms with Gasteiger partial charge >= 0.3 is 0 Å². The van der Waals surface area contributed by atoms with Gasteiger partial charge in [-0.25, -0.2) is 4.98 Å². The Morgan fingerprint density at radius 3 is 2.78 bits per heavy atom. The maximum Gasteiger partial charge on any atom is 0.272 e. The topological polar surface area (TPSA) is 93.0 Å². The molecule has 1 N–H and O–H groups in total. The molecule has 8 nitrogen and oxygen atoms in total. The minimum Gasteiger partial charge on any atom is -0.344 e. The normalized spacial score (nSPS) is 13.1. The molecule has 4 aromatic rings. The first-order chi connectivity index (χ1) is 15.7. The van der Waals surface area contributed by atoms with Crippen molar-refractivity contribution in [2.24, 2.45) is 0 Å². The SMILES string of the molecule is O=C(NCc1nccs1)c1nn(Cc2ccccc2)c2c1CN(C(=O)c1cncs1)CC2. The van der Waals surface area contributed by atoms with E-state index in [1.807, 2.05) is 40.4 Å². The molecule has 0 saturated carbocycles. The van der Waals surface area contributed by atoms with Crippen LogP contribution in [0.2, 0.25) is 0 Å². The van der Waals surface area contributed by atoms with Crippen molar-refractivity contribution in [3.05, 3.63) is 86.0 Å². The van der Waals surface area contributed by atoms with Gasteiger partial charge in [-0.3, -0.25) is 19.3 Å². The highest BCUT2D eigenvalue weighted by Gasteiger charge is 2.31. The number of carbonyl (C=O) groups excluding carboxylic acids is 2. The van der Waals surface area contributed by atoms with Crippen molar-refractivity contribution in [3.63, 3.8) is 0 Å². The number of amides is 2. The maximum atomic E-state index is 13.1. The Morgan fingerprint density at radius 1 is 1.16 bits per heavy atom. The van der Waals surface area contributed by atoms with E-state index < -0.39 is 0 Å². The molecule has 3 aromatic heterocycles. The third-order valence-corrected chi connectivity index (χ3v) is 6.88. The van der Waals surface area contributed by atoms with Crippen molar-refractivity contribution >= 4 is 34.5 Å². The number of carbonyl (C=O) groups is 2. The number of benzene rings is 1. The summed E-state index contributed by atoms with van der Waals surface area (Å²) in [6.07, 6.45) is 3.94. The molecule has 0 fully saturated rings. The highest BCUT2D eigenvalue weighted by Crippen LogP contribution is 2.25. The number of rotatable bonds is 6. The number of nitrogens with one attached hydrogen (secondary N) is 1. The maximum absolute atomic E-state index is 13.1. The lowest BCUT2D eigenvalue weighted by atomic mass is 10.0. The molecular formula is C22H20N6O2S2. The van der Waals surface area contributed by atoms with Crippen LogP contribution in [0.25, 0.3) is 0 Å². The zero-order valence-corrected chi connectivity index (χ0v) is 18.7. The van der Waals surface area contributed by atoms with Crippen LogP contribution >= 0.6 is 22.7 Å². The van der Waals surface area contributed by atoms with E-state index in [0.29, 0.717) is 43.2 Å². The largest absolute Gasteiger partial charge is 0.344 e. The molecule has 0 aliphatic carbocycles. The van der Waals surface area contributed by atoms with Gasteiger partial charge in [0.2, 0.25) is 0 Å². The van der Waals surface area contributed by atoms with Crippen molar-refractivity contribution in [1.82, 2.24) is 30.0 Å².